The van der Waals surface area contributed by atoms with E-state index in [9.17, 15) is 4.79 Å². The zero-order chi connectivity index (χ0) is 16.2. The minimum Gasteiger partial charge on any atom is -0.332 e. The van der Waals surface area contributed by atoms with Gasteiger partial charge in [-0.2, -0.15) is 0 Å². The predicted octanol–water partition coefficient (Wildman–Crippen LogP) is 3.64. The zero-order valence-corrected chi connectivity index (χ0v) is 14.4. The Kier molecular flexibility index (Phi) is 5.06. The quantitative estimate of drug-likeness (QED) is 0.600. The minimum absolute atomic E-state index is 0.110. The minimum atomic E-state index is 0.110. The van der Waals surface area contributed by atoms with E-state index in [-0.39, 0.29) is 11.9 Å². The lowest BCUT2D eigenvalue weighted by Gasteiger charge is -2.24. The number of hydrogen-bond donors (Lipinski definition) is 0. The van der Waals surface area contributed by atoms with Crippen molar-refractivity contribution in [3.63, 3.8) is 0 Å². The molecule has 0 aliphatic carbocycles. The van der Waals surface area contributed by atoms with Crippen LogP contribution in [-0.4, -0.2) is 38.4 Å². The van der Waals surface area contributed by atoms with Crippen LogP contribution in [0.4, 0.5) is 0 Å². The van der Waals surface area contributed by atoms with Gasteiger partial charge in [0, 0.05) is 18.8 Å². The first kappa shape index (κ1) is 16.1. The van der Waals surface area contributed by atoms with Gasteiger partial charge in [-0.3, -0.25) is 4.79 Å². The number of hydrogen-bond acceptors (Lipinski definition) is 3. The molecule has 0 unspecified atom stereocenters. The van der Waals surface area contributed by atoms with E-state index in [0.717, 1.165) is 48.5 Å². The van der Waals surface area contributed by atoms with E-state index in [1.165, 1.54) is 0 Å². The molecule has 2 aromatic rings. The van der Waals surface area contributed by atoms with Crippen molar-refractivity contribution in [1.82, 2.24) is 14.5 Å². The van der Waals surface area contributed by atoms with Crippen molar-refractivity contribution >= 4 is 28.7 Å². The molecule has 0 radical (unpaired) electrons. The molecule has 0 saturated carbocycles. The number of aromatic nitrogens is 2. The Hall–Kier alpha value is -1.75. The molecule has 23 heavy (non-hydrogen) atoms. The van der Waals surface area contributed by atoms with E-state index in [1.54, 1.807) is 11.8 Å². The number of imidazole rings is 1. The topological polar surface area (TPSA) is 38.1 Å². The fourth-order valence-corrected chi connectivity index (χ4v) is 3.95. The van der Waals surface area contributed by atoms with Crippen LogP contribution in [0.3, 0.4) is 0 Å². The predicted molar refractivity (Wildman–Crippen MR) is 96.6 cm³/mol. The highest BCUT2D eigenvalue weighted by atomic mass is 32.2. The van der Waals surface area contributed by atoms with E-state index in [1.807, 2.05) is 29.2 Å². The zero-order valence-electron chi connectivity index (χ0n) is 13.6. The Morgan fingerprint density at radius 2 is 2.30 bits per heavy atom. The third-order valence-electron chi connectivity index (χ3n) is 4.33. The van der Waals surface area contributed by atoms with E-state index < -0.39 is 0 Å². The van der Waals surface area contributed by atoms with Gasteiger partial charge in [-0.15, -0.1) is 18.3 Å². The second-order valence-corrected chi connectivity index (χ2v) is 6.78. The molecule has 1 saturated heterocycles. The lowest BCUT2D eigenvalue weighted by molar-refractivity contribution is -0.129. The summed E-state index contributed by atoms with van der Waals surface area (Å²) in [5.41, 5.74) is 2.18. The summed E-state index contributed by atoms with van der Waals surface area (Å²) in [7, 11) is 0. The van der Waals surface area contributed by atoms with Crippen molar-refractivity contribution in [1.29, 1.82) is 0 Å². The maximum Gasteiger partial charge on any atom is 0.233 e. The Bertz CT molecular complexity index is 709. The van der Waals surface area contributed by atoms with Crippen LogP contribution < -0.4 is 0 Å². The van der Waals surface area contributed by atoms with E-state index in [0.29, 0.717) is 5.75 Å². The first-order valence-corrected chi connectivity index (χ1v) is 9.35. The number of thioether (sulfide) groups is 1. The molecule has 1 fully saturated rings. The van der Waals surface area contributed by atoms with Gasteiger partial charge in [0.05, 0.1) is 22.8 Å². The second kappa shape index (κ2) is 7.21. The molecule has 5 heteroatoms. The molecular weight excluding hydrogens is 306 g/mol. The van der Waals surface area contributed by atoms with Crippen LogP contribution in [0.15, 0.2) is 36.9 Å². The fraction of sp³-hybridized carbons (Fsp3) is 0.444. The van der Waals surface area contributed by atoms with E-state index in [4.69, 9.17) is 4.98 Å². The summed E-state index contributed by atoms with van der Waals surface area (Å²) in [6.07, 6.45) is 3.90. The number of rotatable bonds is 6. The number of carbonyl (C=O) groups is 1. The van der Waals surface area contributed by atoms with Crippen LogP contribution in [-0.2, 0) is 11.3 Å². The molecule has 4 nitrogen and oxygen atoms in total. The molecular formula is C18H23N3OS. The van der Waals surface area contributed by atoms with Crippen molar-refractivity contribution in [2.45, 2.75) is 32.4 Å². The molecule has 1 aliphatic heterocycles. The monoisotopic (exact) mass is 329 g/mol. The number of carbonyl (C=O) groups excluding carboxylic acids is 1. The molecule has 122 valence electrons. The molecule has 1 aliphatic rings. The number of nitrogens with zero attached hydrogens (tertiary/aromatic N) is 3. The molecule has 1 atom stereocenters. The van der Waals surface area contributed by atoms with Crippen LogP contribution >= 0.6 is 11.8 Å². The molecule has 2 heterocycles. The Balaban J connectivity index is 1.87. The normalized spacial score (nSPS) is 17.8. The van der Waals surface area contributed by atoms with Crippen molar-refractivity contribution in [3.05, 3.63) is 42.7 Å². The second-order valence-electron chi connectivity index (χ2n) is 5.75. The average Bonchev–Trinajstić information content (AvgIpc) is 3.18. The van der Waals surface area contributed by atoms with Crippen LogP contribution in [0.1, 0.15) is 31.6 Å². The maximum atomic E-state index is 12.6. The van der Waals surface area contributed by atoms with Gasteiger partial charge >= 0.3 is 0 Å². The number of para-hydroxylation sites is 2. The van der Waals surface area contributed by atoms with Gasteiger partial charge in [-0.05, 0) is 31.9 Å². The molecule has 1 aromatic carbocycles. The van der Waals surface area contributed by atoms with E-state index in [2.05, 4.69) is 24.1 Å². The van der Waals surface area contributed by atoms with Crippen molar-refractivity contribution in [3.8, 4) is 0 Å². The molecule has 1 aromatic heterocycles. The standard InChI is InChI=1S/C18H23N3OS/c1-3-12-23-13-17(22)21-11-7-10-16(21)18-19-14-8-5-6-9-15(14)20(18)4-2/h3,5-6,8-9,16H,1,4,7,10-13H2,2H3/t16-/m0/s1. The molecule has 0 N–H and O–H groups in total. The molecule has 3 rings (SSSR count). The molecule has 0 bridgehead atoms. The summed E-state index contributed by atoms with van der Waals surface area (Å²) >= 11 is 1.62. The number of likely N-dealkylation sites (tertiary alicyclic amines) is 1. The highest BCUT2D eigenvalue weighted by molar-refractivity contribution is 8.00. The Morgan fingerprint density at radius 1 is 1.48 bits per heavy atom. The Morgan fingerprint density at radius 3 is 3.09 bits per heavy atom. The van der Waals surface area contributed by atoms with Gasteiger partial charge in [-0.1, -0.05) is 18.2 Å². The van der Waals surface area contributed by atoms with Crippen molar-refractivity contribution in [2.75, 3.05) is 18.1 Å². The van der Waals surface area contributed by atoms with Crippen molar-refractivity contribution in [2.24, 2.45) is 0 Å². The summed E-state index contributed by atoms with van der Waals surface area (Å²) in [5, 5.41) is 0. The van der Waals surface area contributed by atoms with Gasteiger partial charge in [0.25, 0.3) is 0 Å². The summed E-state index contributed by atoms with van der Waals surface area (Å²) < 4.78 is 2.25. The maximum absolute atomic E-state index is 12.6. The molecule has 0 spiro atoms. The van der Waals surface area contributed by atoms with Gasteiger partial charge in [0.15, 0.2) is 0 Å². The smallest absolute Gasteiger partial charge is 0.233 e. The van der Waals surface area contributed by atoms with E-state index >= 15 is 0 Å². The van der Waals surface area contributed by atoms with Crippen LogP contribution in [0.2, 0.25) is 0 Å². The van der Waals surface area contributed by atoms with Crippen LogP contribution in [0, 0.1) is 0 Å². The first-order chi connectivity index (χ1) is 11.3. The van der Waals surface area contributed by atoms with Crippen LogP contribution in [0.25, 0.3) is 11.0 Å². The van der Waals surface area contributed by atoms with Crippen LogP contribution in [0.5, 0.6) is 0 Å². The van der Waals surface area contributed by atoms with Gasteiger partial charge in [0.2, 0.25) is 5.91 Å². The average molecular weight is 329 g/mol. The highest BCUT2D eigenvalue weighted by Gasteiger charge is 2.33. The number of fused-ring (bicyclic) bond motifs is 1. The SMILES string of the molecule is C=CCSCC(=O)N1CCC[C@H]1c1nc2ccccc2n1CC. The molecule has 1 amide bonds. The number of amides is 1. The first-order valence-electron chi connectivity index (χ1n) is 8.19. The summed E-state index contributed by atoms with van der Waals surface area (Å²) in [4.78, 5) is 19.4. The fourth-order valence-electron chi connectivity index (χ4n) is 3.33. The van der Waals surface area contributed by atoms with Gasteiger partial charge in [-0.25, -0.2) is 4.98 Å². The lowest BCUT2D eigenvalue weighted by Crippen LogP contribution is -2.33. The summed E-state index contributed by atoms with van der Waals surface area (Å²) in [5.74, 6) is 2.59. The third-order valence-corrected chi connectivity index (χ3v) is 5.26. The van der Waals surface area contributed by atoms with Crippen molar-refractivity contribution < 1.29 is 4.79 Å². The Labute approximate surface area is 141 Å². The lowest BCUT2D eigenvalue weighted by atomic mass is 10.2. The largest absolute Gasteiger partial charge is 0.332 e. The highest BCUT2D eigenvalue weighted by Crippen LogP contribution is 2.33. The van der Waals surface area contributed by atoms with Gasteiger partial charge < -0.3 is 9.47 Å². The summed E-state index contributed by atoms with van der Waals surface area (Å²) in [6.45, 7) is 7.56. The summed E-state index contributed by atoms with van der Waals surface area (Å²) in [6, 6.07) is 8.33. The number of benzene rings is 1. The number of aryl methyl sites for hydroxylation is 1. The third kappa shape index (κ3) is 3.15. The van der Waals surface area contributed by atoms with Gasteiger partial charge in [0.1, 0.15) is 5.82 Å².